The lowest BCUT2D eigenvalue weighted by atomic mass is 10.0. The van der Waals surface area contributed by atoms with Gasteiger partial charge in [-0.05, 0) is 24.3 Å². The van der Waals surface area contributed by atoms with Gasteiger partial charge in [0.15, 0.2) is 0 Å². The largest absolute Gasteiger partial charge is 0.372 e. The second kappa shape index (κ2) is 6.34. The molecule has 0 N–H and O–H groups in total. The molecule has 0 aliphatic rings. The lowest BCUT2D eigenvalue weighted by Crippen LogP contribution is -2.05. The zero-order chi connectivity index (χ0) is 14.0. The van der Waals surface area contributed by atoms with E-state index in [9.17, 15) is 0 Å². The molecule has 0 heterocycles. The van der Waals surface area contributed by atoms with E-state index in [-0.39, 0.29) is 6.10 Å². The van der Waals surface area contributed by atoms with Gasteiger partial charge in [0.25, 0.3) is 0 Å². The Morgan fingerprint density at radius 1 is 0.789 bits per heavy atom. The van der Waals surface area contributed by atoms with E-state index in [1.807, 2.05) is 12.1 Å². The fourth-order valence-electron chi connectivity index (χ4n) is 1.85. The van der Waals surface area contributed by atoms with Gasteiger partial charge in [-0.25, -0.2) is 0 Å². The fraction of sp³-hybridized carbons (Fsp3) is 0.143. The van der Waals surface area contributed by atoms with Crippen molar-refractivity contribution in [1.29, 1.82) is 0 Å². The van der Waals surface area contributed by atoms with Crippen LogP contribution in [0.5, 0.6) is 0 Å². The average Bonchev–Trinajstić information content (AvgIpc) is 2.34. The monoisotopic (exact) mass is 334 g/mol. The molecule has 1 nitrogen and oxygen atoms in total. The van der Waals surface area contributed by atoms with Crippen molar-refractivity contribution in [3.05, 3.63) is 67.6 Å². The maximum Gasteiger partial charge on any atom is 0.110 e. The topological polar surface area (TPSA) is 9.23 Å². The summed E-state index contributed by atoms with van der Waals surface area (Å²) in [7, 11) is 1.60. The molecule has 0 atom stereocenters. The van der Waals surface area contributed by atoms with E-state index >= 15 is 0 Å². The van der Waals surface area contributed by atoms with Crippen LogP contribution in [-0.2, 0) is 4.74 Å². The van der Waals surface area contributed by atoms with Gasteiger partial charge in [0.1, 0.15) is 6.10 Å². The number of hydrogen-bond acceptors (Lipinski definition) is 1. The summed E-state index contributed by atoms with van der Waals surface area (Å²) in [6.45, 7) is 0. The third-order valence-corrected chi connectivity index (χ3v) is 3.85. The van der Waals surface area contributed by atoms with Crippen molar-refractivity contribution in [2.24, 2.45) is 0 Å². The third-order valence-electron chi connectivity index (χ3n) is 2.73. The van der Waals surface area contributed by atoms with Crippen molar-refractivity contribution in [2.75, 3.05) is 7.11 Å². The summed E-state index contributed by atoms with van der Waals surface area (Å²) in [5.41, 5.74) is 1.61. The van der Waals surface area contributed by atoms with Gasteiger partial charge in [-0.3, -0.25) is 0 Å². The molecule has 19 heavy (non-hydrogen) atoms. The number of halogens is 4. The molecule has 0 saturated heterocycles. The van der Waals surface area contributed by atoms with Crippen molar-refractivity contribution in [3.8, 4) is 0 Å². The predicted octanol–water partition coefficient (Wildman–Crippen LogP) is 6.04. The van der Waals surface area contributed by atoms with Crippen LogP contribution in [-0.4, -0.2) is 7.11 Å². The number of rotatable bonds is 3. The van der Waals surface area contributed by atoms with Crippen molar-refractivity contribution >= 4 is 46.4 Å². The quantitative estimate of drug-likeness (QED) is 0.664. The van der Waals surface area contributed by atoms with Gasteiger partial charge < -0.3 is 4.74 Å². The van der Waals surface area contributed by atoms with Crippen LogP contribution >= 0.6 is 46.4 Å². The summed E-state index contributed by atoms with van der Waals surface area (Å²) in [6, 6.07) is 10.5. The summed E-state index contributed by atoms with van der Waals surface area (Å²) < 4.78 is 5.51. The van der Waals surface area contributed by atoms with E-state index in [2.05, 4.69) is 0 Å². The first kappa shape index (κ1) is 15.0. The zero-order valence-electron chi connectivity index (χ0n) is 9.96. The molecule has 0 unspecified atom stereocenters. The molecular weight excluding hydrogens is 326 g/mol. The molecule has 0 amide bonds. The van der Waals surface area contributed by atoms with Gasteiger partial charge in [-0.2, -0.15) is 0 Å². The molecule has 0 bridgehead atoms. The van der Waals surface area contributed by atoms with Gasteiger partial charge in [-0.15, -0.1) is 0 Å². The number of methoxy groups -OCH3 is 1. The summed E-state index contributed by atoms with van der Waals surface area (Å²) in [5.74, 6) is 0. The van der Waals surface area contributed by atoms with Crippen molar-refractivity contribution in [2.45, 2.75) is 6.10 Å². The Balaban J connectivity index is 2.50. The summed E-state index contributed by atoms with van der Waals surface area (Å²) in [4.78, 5) is 0. The highest BCUT2D eigenvalue weighted by Crippen LogP contribution is 2.36. The Morgan fingerprint density at radius 3 is 1.53 bits per heavy atom. The molecule has 0 aliphatic heterocycles. The van der Waals surface area contributed by atoms with E-state index in [0.29, 0.717) is 20.1 Å². The molecule has 0 saturated carbocycles. The van der Waals surface area contributed by atoms with E-state index < -0.39 is 0 Å². The molecule has 0 aromatic heterocycles. The number of benzene rings is 2. The van der Waals surface area contributed by atoms with Gasteiger partial charge in [0, 0.05) is 38.3 Å². The Labute approximate surface area is 132 Å². The van der Waals surface area contributed by atoms with Crippen molar-refractivity contribution < 1.29 is 4.74 Å². The second-order valence-corrected chi connectivity index (χ2v) is 5.63. The first-order valence-corrected chi connectivity index (χ1v) is 6.97. The lowest BCUT2D eigenvalue weighted by molar-refractivity contribution is 0.136. The van der Waals surface area contributed by atoms with Gasteiger partial charge in [0.05, 0.1) is 0 Å². The van der Waals surface area contributed by atoms with Crippen LogP contribution in [0.1, 0.15) is 17.2 Å². The molecule has 2 aromatic rings. The van der Waals surface area contributed by atoms with Crippen LogP contribution in [0.3, 0.4) is 0 Å². The van der Waals surface area contributed by atoms with Crippen LogP contribution in [0.15, 0.2) is 36.4 Å². The highest BCUT2D eigenvalue weighted by Gasteiger charge is 2.19. The standard InChI is InChI=1S/C14H10Cl4O/c1-19-14(10-4-2-8(15)6-12(10)17)11-5-3-9(16)7-13(11)18/h2-7,14H,1H3. The zero-order valence-corrected chi connectivity index (χ0v) is 13.0. The van der Waals surface area contributed by atoms with E-state index in [0.717, 1.165) is 11.1 Å². The third kappa shape index (κ3) is 3.36. The van der Waals surface area contributed by atoms with Crippen LogP contribution in [0.4, 0.5) is 0 Å². The molecule has 0 fully saturated rings. The second-order valence-electron chi connectivity index (χ2n) is 3.95. The fourth-order valence-corrected chi connectivity index (χ4v) is 2.86. The highest BCUT2D eigenvalue weighted by molar-refractivity contribution is 6.36. The van der Waals surface area contributed by atoms with Crippen molar-refractivity contribution in [1.82, 2.24) is 0 Å². The molecular formula is C14H10Cl4O. The summed E-state index contributed by atoms with van der Waals surface area (Å²) in [5, 5.41) is 2.22. The van der Waals surface area contributed by atoms with E-state index in [4.69, 9.17) is 51.1 Å². The van der Waals surface area contributed by atoms with Crippen LogP contribution in [0, 0.1) is 0 Å². The van der Waals surface area contributed by atoms with Crippen LogP contribution in [0.25, 0.3) is 0 Å². The average molecular weight is 336 g/mol. The van der Waals surface area contributed by atoms with Crippen LogP contribution < -0.4 is 0 Å². The van der Waals surface area contributed by atoms with E-state index in [1.165, 1.54) is 0 Å². The molecule has 100 valence electrons. The number of ether oxygens (including phenoxy) is 1. The number of hydrogen-bond donors (Lipinski definition) is 0. The van der Waals surface area contributed by atoms with Crippen molar-refractivity contribution in [3.63, 3.8) is 0 Å². The normalized spacial score (nSPS) is 11.1. The maximum atomic E-state index is 6.20. The minimum atomic E-state index is -0.366. The maximum absolute atomic E-state index is 6.20. The molecule has 0 radical (unpaired) electrons. The first-order chi connectivity index (χ1) is 9.02. The molecule has 0 aliphatic carbocycles. The predicted molar refractivity (Wildman–Crippen MR) is 81.8 cm³/mol. The molecule has 5 heteroatoms. The Kier molecular flexibility index (Phi) is 4.99. The van der Waals surface area contributed by atoms with Gasteiger partial charge >= 0.3 is 0 Å². The Bertz CT molecular complexity index is 546. The van der Waals surface area contributed by atoms with E-state index in [1.54, 1.807) is 31.4 Å². The highest BCUT2D eigenvalue weighted by atomic mass is 35.5. The molecule has 0 spiro atoms. The smallest absolute Gasteiger partial charge is 0.110 e. The van der Waals surface area contributed by atoms with Gasteiger partial charge in [-0.1, -0.05) is 58.5 Å². The molecule has 2 rings (SSSR count). The summed E-state index contributed by atoms with van der Waals surface area (Å²) in [6.07, 6.45) is -0.366. The lowest BCUT2D eigenvalue weighted by Gasteiger charge is -2.19. The minimum absolute atomic E-state index is 0.366. The minimum Gasteiger partial charge on any atom is -0.372 e. The Hall–Kier alpha value is -0.440. The SMILES string of the molecule is COC(c1ccc(Cl)cc1Cl)c1ccc(Cl)cc1Cl. The van der Waals surface area contributed by atoms with Gasteiger partial charge in [0.2, 0.25) is 0 Å². The first-order valence-electron chi connectivity index (χ1n) is 5.45. The summed E-state index contributed by atoms with van der Waals surface area (Å²) >= 11 is 24.2. The van der Waals surface area contributed by atoms with Crippen LogP contribution in [0.2, 0.25) is 20.1 Å². The Morgan fingerprint density at radius 2 is 1.21 bits per heavy atom. The molecule has 2 aromatic carbocycles.